The number of benzene rings is 2. The Labute approximate surface area is 124 Å². The smallest absolute Gasteiger partial charge is 0.127 e. The van der Waals surface area contributed by atoms with Crippen LogP contribution in [-0.4, -0.2) is 5.33 Å². The molecule has 0 aromatic heterocycles. The van der Waals surface area contributed by atoms with Crippen molar-refractivity contribution in [2.45, 2.75) is 12.3 Å². The van der Waals surface area contributed by atoms with E-state index in [0.29, 0.717) is 22.3 Å². The fourth-order valence-corrected chi connectivity index (χ4v) is 2.71. The van der Waals surface area contributed by atoms with E-state index in [1.165, 1.54) is 18.2 Å². The summed E-state index contributed by atoms with van der Waals surface area (Å²) in [6, 6.07) is 11.0. The second kappa shape index (κ2) is 6.49. The van der Waals surface area contributed by atoms with Crippen molar-refractivity contribution in [3.05, 3.63) is 70.2 Å². The van der Waals surface area contributed by atoms with Gasteiger partial charge in [-0.15, -0.1) is 0 Å². The standard InChI is InChI=1S/C15H12BrClF2/c16-9-12(10-2-5-14(18)6-3-10)7-11-1-4-13(17)8-15(11)19/h1-6,8,12H,7,9H2. The van der Waals surface area contributed by atoms with Gasteiger partial charge in [-0.1, -0.05) is 45.7 Å². The average molecular weight is 346 g/mol. The first-order chi connectivity index (χ1) is 9.10. The van der Waals surface area contributed by atoms with E-state index >= 15 is 0 Å². The summed E-state index contributed by atoms with van der Waals surface area (Å²) in [5.74, 6) is -0.480. The summed E-state index contributed by atoms with van der Waals surface area (Å²) in [6.07, 6.45) is 0.542. The summed E-state index contributed by atoms with van der Waals surface area (Å²) in [5.41, 5.74) is 1.59. The number of halogens is 4. The van der Waals surface area contributed by atoms with E-state index in [1.807, 2.05) is 0 Å². The lowest BCUT2D eigenvalue weighted by Crippen LogP contribution is -2.06. The van der Waals surface area contributed by atoms with Gasteiger partial charge in [-0.05, 0) is 47.7 Å². The maximum Gasteiger partial charge on any atom is 0.127 e. The van der Waals surface area contributed by atoms with Crippen LogP contribution in [0, 0.1) is 11.6 Å². The molecule has 0 heterocycles. The summed E-state index contributed by atoms with van der Waals surface area (Å²) in [4.78, 5) is 0. The molecule has 4 heteroatoms. The molecule has 19 heavy (non-hydrogen) atoms. The van der Waals surface area contributed by atoms with Crippen molar-refractivity contribution in [3.63, 3.8) is 0 Å². The minimum absolute atomic E-state index is 0.0938. The highest BCUT2D eigenvalue weighted by Gasteiger charge is 2.14. The SMILES string of the molecule is Fc1ccc(C(CBr)Cc2ccc(Cl)cc2F)cc1. The first kappa shape index (κ1) is 14.5. The highest BCUT2D eigenvalue weighted by molar-refractivity contribution is 9.09. The van der Waals surface area contributed by atoms with Gasteiger partial charge in [0, 0.05) is 10.4 Å². The minimum Gasteiger partial charge on any atom is -0.207 e. The molecular weight excluding hydrogens is 334 g/mol. The van der Waals surface area contributed by atoms with Gasteiger partial charge >= 0.3 is 0 Å². The molecule has 0 nitrogen and oxygen atoms in total. The molecule has 0 fully saturated rings. The summed E-state index contributed by atoms with van der Waals surface area (Å²) < 4.78 is 26.7. The predicted octanol–water partition coefficient (Wildman–Crippen LogP) is 5.34. The van der Waals surface area contributed by atoms with E-state index < -0.39 is 0 Å². The molecule has 0 aliphatic carbocycles. The maximum absolute atomic E-state index is 13.8. The van der Waals surface area contributed by atoms with Crippen LogP contribution in [0.15, 0.2) is 42.5 Å². The van der Waals surface area contributed by atoms with Crippen LogP contribution in [0.1, 0.15) is 17.0 Å². The molecule has 0 saturated carbocycles. The monoisotopic (exact) mass is 344 g/mol. The van der Waals surface area contributed by atoms with Crippen LogP contribution < -0.4 is 0 Å². The average Bonchev–Trinajstić information content (AvgIpc) is 2.39. The molecule has 0 saturated heterocycles. The van der Waals surface area contributed by atoms with E-state index in [9.17, 15) is 8.78 Å². The molecule has 0 bridgehead atoms. The summed E-state index contributed by atoms with van der Waals surface area (Å²) in [6.45, 7) is 0. The third-order valence-electron chi connectivity index (χ3n) is 3.01. The Morgan fingerprint density at radius 3 is 2.32 bits per heavy atom. The lowest BCUT2D eigenvalue weighted by atomic mass is 9.93. The van der Waals surface area contributed by atoms with Crippen molar-refractivity contribution >= 4 is 27.5 Å². The van der Waals surface area contributed by atoms with Gasteiger partial charge in [-0.3, -0.25) is 0 Å². The molecular formula is C15H12BrClF2. The van der Waals surface area contributed by atoms with Crippen molar-refractivity contribution in [1.29, 1.82) is 0 Å². The number of rotatable bonds is 4. The molecule has 1 atom stereocenters. The minimum atomic E-state index is -0.305. The van der Waals surface area contributed by atoms with Crippen LogP contribution in [0.4, 0.5) is 8.78 Å². The second-order valence-corrected chi connectivity index (χ2v) is 5.43. The van der Waals surface area contributed by atoms with E-state index in [2.05, 4.69) is 15.9 Å². The highest BCUT2D eigenvalue weighted by atomic mass is 79.9. The second-order valence-electron chi connectivity index (χ2n) is 4.34. The Balaban J connectivity index is 2.21. The zero-order valence-electron chi connectivity index (χ0n) is 10.0. The molecule has 2 aromatic carbocycles. The van der Waals surface area contributed by atoms with Crippen molar-refractivity contribution in [3.8, 4) is 0 Å². The quantitative estimate of drug-likeness (QED) is 0.656. The molecule has 100 valence electrons. The highest BCUT2D eigenvalue weighted by Crippen LogP contribution is 2.25. The van der Waals surface area contributed by atoms with Gasteiger partial charge in [0.1, 0.15) is 11.6 Å². The van der Waals surface area contributed by atoms with Crippen molar-refractivity contribution in [1.82, 2.24) is 0 Å². The van der Waals surface area contributed by atoms with Crippen LogP contribution in [0.3, 0.4) is 0 Å². The third kappa shape index (κ3) is 3.77. The van der Waals surface area contributed by atoms with Gasteiger partial charge in [0.2, 0.25) is 0 Å². The van der Waals surface area contributed by atoms with Gasteiger partial charge in [0.25, 0.3) is 0 Å². The lowest BCUT2D eigenvalue weighted by Gasteiger charge is -2.15. The van der Waals surface area contributed by atoms with Crippen LogP contribution in [0.25, 0.3) is 0 Å². The molecule has 2 rings (SSSR count). The fraction of sp³-hybridized carbons (Fsp3) is 0.200. The van der Waals surface area contributed by atoms with Gasteiger partial charge in [-0.25, -0.2) is 8.78 Å². The van der Waals surface area contributed by atoms with Crippen molar-refractivity contribution in [2.24, 2.45) is 0 Å². The van der Waals surface area contributed by atoms with Gasteiger partial charge in [0.15, 0.2) is 0 Å². The Kier molecular flexibility index (Phi) is 4.94. The number of hydrogen-bond donors (Lipinski definition) is 0. The van der Waals surface area contributed by atoms with Crippen LogP contribution >= 0.6 is 27.5 Å². The van der Waals surface area contributed by atoms with Gasteiger partial charge < -0.3 is 0 Å². The van der Waals surface area contributed by atoms with Crippen LogP contribution in [-0.2, 0) is 6.42 Å². The fourth-order valence-electron chi connectivity index (χ4n) is 1.95. The zero-order valence-corrected chi connectivity index (χ0v) is 12.4. The normalized spacial score (nSPS) is 12.4. The summed E-state index contributed by atoms with van der Waals surface area (Å²) >= 11 is 9.16. The summed E-state index contributed by atoms with van der Waals surface area (Å²) in [7, 11) is 0. The van der Waals surface area contributed by atoms with Crippen molar-refractivity contribution < 1.29 is 8.78 Å². The van der Waals surface area contributed by atoms with Gasteiger partial charge in [0.05, 0.1) is 0 Å². The topological polar surface area (TPSA) is 0 Å². The Morgan fingerprint density at radius 2 is 1.74 bits per heavy atom. The molecule has 0 radical (unpaired) electrons. The zero-order chi connectivity index (χ0) is 13.8. The molecule has 2 aromatic rings. The predicted molar refractivity (Wildman–Crippen MR) is 78.0 cm³/mol. The Hall–Kier alpha value is -0.930. The molecule has 1 unspecified atom stereocenters. The molecule has 0 amide bonds. The first-order valence-electron chi connectivity index (χ1n) is 5.85. The van der Waals surface area contributed by atoms with E-state index in [-0.39, 0.29) is 17.6 Å². The first-order valence-corrected chi connectivity index (χ1v) is 7.35. The van der Waals surface area contributed by atoms with E-state index in [4.69, 9.17) is 11.6 Å². The number of alkyl halides is 1. The third-order valence-corrected chi connectivity index (χ3v) is 4.03. The van der Waals surface area contributed by atoms with Gasteiger partial charge in [-0.2, -0.15) is 0 Å². The maximum atomic E-state index is 13.8. The molecule has 0 spiro atoms. The van der Waals surface area contributed by atoms with Crippen LogP contribution in [0.2, 0.25) is 5.02 Å². The Bertz CT molecular complexity index is 555. The molecule has 0 aliphatic heterocycles. The lowest BCUT2D eigenvalue weighted by molar-refractivity contribution is 0.598. The van der Waals surface area contributed by atoms with E-state index in [0.717, 1.165) is 5.56 Å². The molecule has 0 aliphatic rings. The van der Waals surface area contributed by atoms with E-state index in [1.54, 1.807) is 24.3 Å². The largest absolute Gasteiger partial charge is 0.207 e. The number of hydrogen-bond acceptors (Lipinski definition) is 0. The van der Waals surface area contributed by atoms with Crippen LogP contribution in [0.5, 0.6) is 0 Å². The summed E-state index contributed by atoms with van der Waals surface area (Å²) in [5, 5.41) is 1.07. The Morgan fingerprint density at radius 1 is 1.05 bits per heavy atom. The molecule has 0 N–H and O–H groups in total. The van der Waals surface area contributed by atoms with Crippen molar-refractivity contribution in [2.75, 3.05) is 5.33 Å².